The lowest BCUT2D eigenvalue weighted by atomic mass is 9.94. The predicted octanol–water partition coefficient (Wildman–Crippen LogP) is 14.1. The maximum absolute atomic E-state index is 6.20. The lowest BCUT2D eigenvalue weighted by Gasteiger charge is -2.26. The molecule has 0 N–H and O–H groups in total. The smallest absolute Gasteiger partial charge is 0.135 e. The van der Waals surface area contributed by atoms with Crippen molar-refractivity contribution in [3.8, 4) is 11.1 Å². The third-order valence-corrected chi connectivity index (χ3v) is 10.4. The number of benzene rings is 9. The van der Waals surface area contributed by atoms with Gasteiger partial charge in [0.05, 0.1) is 0 Å². The summed E-state index contributed by atoms with van der Waals surface area (Å²) in [5.74, 6) is 0. The van der Waals surface area contributed by atoms with E-state index in [2.05, 4.69) is 157 Å². The Balaban J connectivity index is 1.05. The zero-order valence-electron chi connectivity index (χ0n) is 27.5. The SMILES string of the molecule is c1ccc2c(c1)ccc1ccc3cc(-c4ccc(N(c5ccc6oc7ccccc7c6c5)c5ccc6oc7ccccc7c6c5)cc4)ccc3c12. The predicted molar refractivity (Wildman–Crippen MR) is 214 cm³/mol. The Morgan fingerprint density at radius 1 is 0.294 bits per heavy atom. The fourth-order valence-corrected chi connectivity index (χ4v) is 7.97. The number of anilines is 3. The number of hydrogen-bond acceptors (Lipinski definition) is 3. The van der Waals surface area contributed by atoms with E-state index in [1.165, 1.54) is 43.4 Å². The molecule has 9 aromatic carbocycles. The molecule has 0 unspecified atom stereocenters. The molecule has 0 aliphatic carbocycles. The molecular formula is C48H29NO2. The largest absolute Gasteiger partial charge is 0.456 e. The summed E-state index contributed by atoms with van der Waals surface area (Å²) in [5.41, 5.74) is 9.08. The number of fused-ring (bicyclic) bond motifs is 11. The van der Waals surface area contributed by atoms with E-state index in [-0.39, 0.29) is 0 Å². The average Bonchev–Trinajstić information content (AvgIpc) is 3.76. The first-order valence-electron chi connectivity index (χ1n) is 17.3. The van der Waals surface area contributed by atoms with Crippen molar-refractivity contribution in [1.29, 1.82) is 0 Å². The van der Waals surface area contributed by atoms with Crippen molar-refractivity contribution in [2.75, 3.05) is 4.90 Å². The Kier molecular flexibility index (Phi) is 5.96. The van der Waals surface area contributed by atoms with E-state index in [1.54, 1.807) is 0 Å². The third-order valence-electron chi connectivity index (χ3n) is 10.4. The van der Waals surface area contributed by atoms with Crippen LogP contribution in [0, 0.1) is 0 Å². The highest BCUT2D eigenvalue weighted by Gasteiger charge is 2.18. The van der Waals surface area contributed by atoms with E-state index in [4.69, 9.17) is 8.83 Å². The minimum atomic E-state index is 0.878. The van der Waals surface area contributed by atoms with E-state index in [1.807, 2.05) is 24.3 Å². The first-order chi connectivity index (χ1) is 25.2. The van der Waals surface area contributed by atoms with Gasteiger partial charge in [0.1, 0.15) is 22.3 Å². The summed E-state index contributed by atoms with van der Waals surface area (Å²) in [6.07, 6.45) is 0. The molecule has 2 aromatic heterocycles. The second-order valence-electron chi connectivity index (χ2n) is 13.3. The van der Waals surface area contributed by atoms with Crippen LogP contribution in [0.5, 0.6) is 0 Å². The molecule has 51 heavy (non-hydrogen) atoms. The van der Waals surface area contributed by atoms with Gasteiger partial charge < -0.3 is 13.7 Å². The number of para-hydroxylation sites is 2. The van der Waals surface area contributed by atoms with Crippen molar-refractivity contribution in [3.63, 3.8) is 0 Å². The summed E-state index contributed by atoms with van der Waals surface area (Å²) >= 11 is 0. The lowest BCUT2D eigenvalue weighted by Crippen LogP contribution is -2.09. The standard InChI is InChI=1S/C48H29NO2/c1-2-8-38-31(7-1)13-14-32-15-16-34-27-33(19-24-39(34)48(32)38)30-17-20-35(21-18-30)49(36-22-25-46-42(28-36)40-9-3-5-11-44(40)50-46)37-23-26-47-43(29-37)41-10-4-6-12-45(41)51-47/h1-29H. The van der Waals surface area contributed by atoms with Crippen LogP contribution < -0.4 is 4.90 Å². The molecule has 0 aliphatic rings. The zero-order valence-corrected chi connectivity index (χ0v) is 27.5. The van der Waals surface area contributed by atoms with Gasteiger partial charge in [0.15, 0.2) is 0 Å². The Bertz CT molecular complexity index is 3030. The molecule has 3 heteroatoms. The molecule has 0 saturated carbocycles. The van der Waals surface area contributed by atoms with Crippen molar-refractivity contribution in [1.82, 2.24) is 0 Å². The van der Waals surface area contributed by atoms with Crippen LogP contribution in [0.3, 0.4) is 0 Å². The quantitative estimate of drug-likeness (QED) is 0.177. The molecule has 0 bridgehead atoms. The highest BCUT2D eigenvalue weighted by Crippen LogP contribution is 2.42. The summed E-state index contributed by atoms with van der Waals surface area (Å²) in [7, 11) is 0. The molecule has 0 aliphatic heterocycles. The van der Waals surface area contributed by atoms with Crippen molar-refractivity contribution < 1.29 is 8.83 Å². The molecule has 0 spiro atoms. The van der Waals surface area contributed by atoms with Gasteiger partial charge in [-0.05, 0) is 110 Å². The summed E-state index contributed by atoms with van der Waals surface area (Å²) in [6, 6.07) is 62.8. The van der Waals surface area contributed by atoms with Gasteiger partial charge in [0, 0.05) is 38.6 Å². The summed E-state index contributed by atoms with van der Waals surface area (Å²) in [6.45, 7) is 0. The molecule has 0 atom stereocenters. The second-order valence-corrected chi connectivity index (χ2v) is 13.3. The summed E-state index contributed by atoms with van der Waals surface area (Å²) in [5, 5.41) is 12.1. The fraction of sp³-hybridized carbons (Fsp3) is 0. The van der Waals surface area contributed by atoms with Crippen LogP contribution in [-0.2, 0) is 0 Å². The van der Waals surface area contributed by atoms with Crippen LogP contribution >= 0.6 is 0 Å². The number of furan rings is 2. The van der Waals surface area contributed by atoms with Crippen molar-refractivity contribution >= 4 is 93.3 Å². The maximum atomic E-state index is 6.20. The Morgan fingerprint density at radius 3 is 1.45 bits per heavy atom. The van der Waals surface area contributed by atoms with Crippen LogP contribution in [0.1, 0.15) is 0 Å². The Morgan fingerprint density at radius 2 is 0.784 bits per heavy atom. The Labute approximate surface area is 293 Å². The van der Waals surface area contributed by atoms with Crippen LogP contribution in [0.15, 0.2) is 185 Å². The topological polar surface area (TPSA) is 29.5 Å². The summed E-state index contributed by atoms with van der Waals surface area (Å²) < 4.78 is 12.4. The highest BCUT2D eigenvalue weighted by atomic mass is 16.3. The second kappa shape index (κ2) is 10.8. The Hall–Kier alpha value is -6.84. The maximum Gasteiger partial charge on any atom is 0.135 e. The van der Waals surface area contributed by atoms with Crippen LogP contribution in [0.4, 0.5) is 17.1 Å². The van der Waals surface area contributed by atoms with Gasteiger partial charge in [-0.15, -0.1) is 0 Å². The molecule has 11 aromatic rings. The minimum absolute atomic E-state index is 0.878. The fourth-order valence-electron chi connectivity index (χ4n) is 7.97. The molecule has 3 nitrogen and oxygen atoms in total. The van der Waals surface area contributed by atoms with Crippen molar-refractivity contribution in [3.05, 3.63) is 176 Å². The average molecular weight is 652 g/mol. The molecule has 11 rings (SSSR count). The molecule has 0 amide bonds. The van der Waals surface area contributed by atoms with Crippen LogP contribution in [0.25, 0.3) is 87.3 Å². The monoisotopic (exact) mass is 651 g/mol. The molecule has 0 saturated heterocycles. The van der Waals surface area contributed by atoms with Crippen molar-refractivity contribution in [2.24, 2.45) is 0 Å². The highest BCUT2D eigenvalue weighted by molar-refractivity contribution is 6.20. The molecule has 238 valence electrons. The van der Waals surface area contributed by atoms with Crippen LogP contribution in [0.2, 0.25) is 0 Å². The van der Waals surface area contributed by atoms with Crippen molar-refractivity contribution in [2.45, 2.75) is 0 Å². The van der Waals surface area contributed by atoms with E-state index in [0.29, 0.717) is 0 Å². The van der Waals surface area contributed by atoms with Gasteiger partial charge >= 0.3 is 0 Å². The minimum Gasteiger partial charge on any atom is -0.456 e. The van der Waals surface area contributed by atoms with Gasteiger partial charge in [-0.25, -0.2) is 0 Å². The van der Waals surface area contributed by atoms with E-state index >= 15 is 0 Å². The molecular weight excluding hydrogens is 623 g/mol. The summed E-state index contributed by atoms with van der Waals surface area (Å²) in [4.78, 5) is 2.32. The lowest BCUT2D eigenvalue weighted by molar-refractivity contribution is 0.668. The molecule has 0 fully saturated rings. The van der Waals surface area contributed by atoms with Gasteiger partial charge in [0.2, 0.25) is 0 Å². The third kappa shape index (κ3) is 4.38. The van der Waals surface area contributed by atoms with E-state index in [0.717, 1.165) is 60.9 Å². The van der Waals surface area contributed by atoms with Gasteiger partial charge in [-0.3, -0.25) is 0 Å². The van der Waals surface area contributed by atoms with Gasteiger partial charge in [-0.2, -0.15) is 0 Å². The normalized spacial score (nSPS) is 11.9. The number of rotatable bonds is 4. The number of hydrogen-bond donors (Lipinski definition) is 0. The zero-order chi connectivity index (χ0) is 33.5. The van der Waals surface area contributed by atoms with Gasteiger partial charge in [-0.1, -0.05) is 109 Å². The first-order valence-corrected chi connectivity index (χ1v) is 17.3. The molecule has 2 heterocycles. The van der Waals surface area contributed by atoms with Gasteiger partial charge in [0.25, 0.3) is 0 Å². The van der Waals surface area contributed by atoms with Crippen LogP contribution in [-0.4, -0.2) is 0 Å². The van der Waals surface area contributed by atoms with E-state index in [9.17, 15) is 0 Å². The first kappa shape index (κ1) is 28.0. The van der Waals surface area contributed by atoms with E-state index < -0.39 is 0 Å². The molecule has 0 radical (unpaired) electrons. The number of nitrogens with zero attached hydrogens (tertiary/aromatic N) is 1.